The van der Waals surface area contributed by atoms with Gasteiger partial charge < -0.3 is 9.84 Å². The molecule has 2 heterocycles. The van der Waals surface area contributed by atoms with E-state index in [1.54, 1.807) is 13.3 Å². The van der Waals surface area contributed by atoms with E-state index in [0.29, 0.717) is 6.54 Å². The summed E-state index contributed by atoms with van der Waals surface area (Å²) in [6, 6.07) is 18.0. The minimum Gasteiger partial charge on any atom is -0.497 e. The van der Waals surface area contributed by atoms with Gasteiger partial charge in [-0.1, -0.05) is 24.3 Å². The van der Waals surface area contributed by atoms with E-state index in [1.165, 1.54) is 5.56 Å². The zero-order valence-corrected chi connectivity index (χ0v) is 15.2. The lowest BCUT2D eigenvalue weighted by molar-refractivity contribution is -0.141. The van der Waals surface area contributed by atoms with Crippen LogP contribution >= 0.6 is 0 Å². The lowest BCUT2D eigenvalue weighted by Crippen LogP contribution is -2.23. The number of fused-ring (bicyclic) bond motifs is 1. The van der Waals surface area contributed by atoms with Gasteiger partial charge in [-0.2, -0.15) is 0 Å². The van der Waals surface area contributed by atoms with Gasteiger partial charge in [-0.15, -0.1) is 0 Å². The number of nitrogens with zero attached hydrogens (tertiary/aromatic N) is 2. The van der Waals surface area contributed by atoms with Gasteiger partial charge in [0, 0.05) is 37.1 Å². The van der Waals surface area contributed by atoms with Crippen molar-refractivity contribution in [1.29, 1.82) is 0 Å². The lowest BCUT2D eigenvalue weighted by Gasteiger charge is -2.17. The zero-order valence-electron chi connectivity index (χ0n) is 15.2. The highest BCUT2D eigenvalue weighted by Crippen LogP contribution is 2.35. The second kappa shape index (κ2) is 7.37. The molecule has 0 unspecified atom stereocenters. The van der Waals surface area contributed by atoms with Gasteiger partial charge >= 0.3 is 5.97 Å². The Labute approximate surface area is 158 Å². The number of methoxy groups -OCH3 is 1. The largest absolute Gasteiger partial charge is 0.497 e. The fourth-order valence-electron chi connectivity index (χ4n) is 3.96. The molecule has 27 heavy (non-hydrogen) atoms. The highest BCUT2D eigenvalue weighted by Gasteiger charge is 2.38. The number of aliphatic carboxylic acids is 1. The van der Waals surface area contributed by atoms with Crippen molar-refractivity contribution in [3.05, 3.63) is 71.9 Å². The van der Waals surface area contributed by atoms with Crippen molar-refractivity contribution in [2.45, 2.75) is 12.5 Å². The Morgan fingerprint density at radius 3 is 2.89 bits per heavy atom. The van der Waals surface area contributed by atoms with Gasteiger partial charge in [0.15, 0.2) is 0 Å². The number of likely N-dealkylation sites (tertiary alicyclic amines) is 1. The van der Waals surface area contributed by atoms with Gasteiger partial charge in [-0.25, -0.2) is 0 Å². The molecule has 2 atom stereocenters. The highest BCUT2D eigenvalue weighted by atomic mass is 16.5. The zero-order chi connectivity index (χ0) is 18.8. The van der Waals surface area contributed by atoms with Gasteiger partial charge in [0.1, 0.15) is 5.75 Å². The molecule has 0 amide bonds. The first-order chi connectivity index (χ1) is 13.1. The molecule has 0 radical (unpaired) electrons. The molecule has 5 nitrogen and oxygen atoms in total. The average molecular weight is 362 g/mol. The minimum atomic E-state index is -0.743. The summed E-state index contributed by atoms with van der Waals surface area (Å²) in [4.78, 5) is 18.4. The SMILES string of the molecule is COc1cccc([C@@H]2CN(Cc3ccc4ncccc4c3)C[C@H]2C(=O)O)c1. The Morgan fingerprint density at radius 2 is 2.07 bits per heavy atom. The fraction of sp³-hybridized carbons (Fsp3) is 0.273. The first kappa shape index (κ1) is 17.5. The summed E-state index contributed by atoms with van der Waals surface area (Å²) >= 11 is 0. The molecule has 2 aromatic carbocycles. The van der Waals surface area contributed by atoms with Crippen LogP contribution in [-0.2, 0) is 11.3 Å². The summed E-state index contributed by atoms with van der Waals surface area (Å²) < 4.78 is 5.31. The van der Waals surface area contributed by atoms with E-state index in [0.717, 1.165) is 35.3 Å². The molecule has 0 saturated carbocycles. The van der Waals surface area contributed by atoms with Crippen molar-refractivity contribution in [3.63, 3.8) is 0 Å². The molecule has 1 saturated heterocycles. The smallest absolute Gasteiger partial charge is 0.308 e. The highest BCUT2D eigenvalue weighted by molar-refractivity contribution is 5.78. The van der Waals surface area contributed by atoms with Crippen molar-refractivity contribution in [2.24, 2.45) is 5.92 Å². The number of carbonyl (C=O) groups is 1. The molecule has 3 aromatic rings. The number of ether oxygens (including phenoxy) is 1. The molecule has 5 heteroatoms. The average Bonchev–Trinajstić information content (AvgIpc) is 3.12. The van der Waals surface area contributed by atoms with Gasteiger partial charge in [-0.3, -0.25) is 14.7 Å². The van der Waals surface area contributed by atoms with Crippen LogP contribution in [0.3, 0.4) is 0 Å². The normalized spacial score (nSPS) is 20.0. The third kappa shape index (κ3) is 3.64. The maximum atomic E-state index is 11.8. The molecule has 1 aromatic heterocycles. The number of benzene rings is 2. The fourth-order valence-corrected chi connectivity index (χ4v) is 3.96. The predicted octanol–water partition coefficient (Wildman–Crippen LogP) is 3.54. The van der Waals surface area contributed by atoms with E-state index in [2.05, 4.69) is 28.1 Å². The molecule has 0 aliphatic carbocycles. The van der Waals surface area contributed by atoms with E-state index in [1.807, 2.05) is 36.4 Å². The quantitative estimate of drug-likeness (QED) is 0.752. The van der Waals surface area contributed by atoms with Crippen LogP contribution in [0.4, 0.5) is 0 Å². The molecule has 1 aliphatic rings. The van der Waals surface area contributed by atoms with Gasteiger partial charge in [0.25, 0.3) is 0 Å². The number of hydrogen-bond donors (Lipinski definition) is 1. The number of carboxylic acids is 1. The Kier molecular flexibility index (Phi) is 4.77. The number of pyridine rings is 1. The molecular weight excluding hydrogens is 340 g/mol. The van der Waals surface area contributed by atoms with Crippen molar-refractivity contribution in [3.8, 4) is 5.75 Å². The summed E-state index contributed by atoms with van der Waals surface area (Å²) in [6.07, 6.45) is 1.79. The van der Waals surface area contributed by atoms with Crippen LogP contribution in [0.5, 0.6) is 5.75 Å². The number of hydrogen-bond acceptors (Lipinski definition) is 4. The minimum absolute atomic E-state index is 0.0419. The van der Waals surface area contributed by atoms with Crippen LogP contribution in [0.1, 0.15) is 17.0 Å². The summed E-state index contributed by atoms with van der Waals surface area (Å²) in [6.45, 7) is 1.99. The van der Waals surface area contributed by atoms with Crippen molar-refractivity contribution in [2.75, 3.05) is 20.2 Å². The number of rotatable bonds is 5. The molecule has 1 N–H and O–H groups in total. The van der Waals surface area contributed by atoms with Crippen LogP contribution in [0.25, 0.3) is 10.9 Å². The summed E-state index contributed by atoms with van der Waals surface area (Å²) in [5, 5.41) is 10.8. The third-order valence-corrected chi connectivity index (χ3v) is 5.31. The molecule has 0 bridgehead atoms. The Bertz CT molecular complexity index is 972. The van der Waals surface area contributed by atoms with Crippen LogP contribution in [0.15, 0.2) is 60.8 Å². The van der Waals surface area contributed by atoms with E-state index in [-0.39, 0.29) is 5.92 Å². The van der Waals surface area contributed by atoms with E-state index in [4.69, 9.17) is 4.74 Å². The number of aromatic nitrogens is 1. The van der Waals surface area contributed by atoms with Crippen molar-refractivity contribution >= 4 is 16.9 Å². The van der Waals surface area contributed by atoms with E-state index in [9.17, 15) is 9.90 Å². The van der Waals surface area contributed by atoms with E-state index >= 15 is 0 Å². The lowest BCUT2D eigenvalue weighted by atomic mass is 9.89. The molecular formula is C22H22N2O3. The molecule has 4 rings (SSSR count). The summed E-state index contributed by atoms with van der Waals surface area (Å²) in [5.74, 6) is -0.441. The monoisotopic (exact) mass is 362 g/mol. The number of carboxylic acid groups (broad SMARTS) is 1. The summed E-state index contributed by atoms with van der Waals surface area (Å²) in [5.41, 5.74) is 3.17. The molecule has 1 aliphatic heterocycles. The Hall–Kier alpha value is -2.92. The van der Waals surface area contributed by atoms with Gasteiger partial charge in [0.05, 0.1) is 18.5 Å². The third-order valence-electron chi connectivity index (χ3n) is 5.31. The predicted molar refractivity (Wildman–Crippen MR) is 104 cm³/mol. The first-order valence-corrected chi connectivity index (χ1v) is 9.07. The second-order valence-electron chi connectivity index (χ2n) is 7.05. The molecule has 138 valence electrons. The van der Waals surface area contributed by atoms with Crippen molar-refractivity contribution < 1.29 is 14.6 Å². The van der Waals surface area contributed by atoms with E-state index < -0.39 is 11.9 Å². The topological polar surface area (TPSA) is 62.7 Å². The Morgan fingerprint density at radius 1 is 1.19 bits per heavy atom. The standard InChI is InChI=1S/C22H22N2O3/c1-27-18-6-2-4-16(11-18)19-13-24(14-20(19)22(25)26)12-15-7-8-21-17(10-15)5-3-9-23-21/h2-11,19-20H,12-14H2,1H3,(H,25,26)/t19-,20+/m0/s1. The first-order valence-electron chi connectivity index (χ1n) is 9.07. The second-order valence-corrected chi connectivity index (χ2v) is 7.05. The Balaban J connectivity index is 1.56. The molecule has 0 spiro atoms. The maximum absolute atomic E-state index is 11.8. The van der Waals surface area contributed by atoms with Crippen LogP contribution in [-0.4, -0.2) is 41.2 Å². The molecule has 1 fully saturated rings. The summed E-state index contributed by atoms with van der Waals surface area (Å²) in [7, 11) is 1.63. The van der Waals surface area contributed by atoms with Crippen LogP contribution in [0, 0.1) is 5.92 Å². The van der Waals surface area contributed by atoms with Gasteiger partial charge in [0.2, 0.25) is 0 Å². The van der Waals surface area contributed by atoms with Crippen molar-refractivity contribution in [1.82, 2.24) is 9.88 Å². The van der Waals surface area contributed by atoms with Gasteiger partial charge in [-0.05, 0) is 41.5 Å². The van der Waals surface area contributed by atoms with Crippen LogP contribution < -0.4 is 4.74 Å². The van der Waals surface area contributed by atoms with Crippen LogP contribution in [0.2, 0.25) is 0 Å². The maximum Gasteiger partial charge on any atom is 0.308 e.